The largest absolute Gasteiger partial charge is 0.323 e. The van der Waals surface area contributed by atoms with E-state index >= 15 is 0 Å². The normalized spacial score (nSPS) is 14.6. The molecule has 0 heterocycles. The summed E-state index contributed by atoms with van der Waals surface area (Å²) in [4.78, 5) is 20.8. The minimum atomic E-state index is -2.29. The van der Waals surface area contributed by atoms with Gasteiger partial charge in [0.25, 0.3) is 5.91 Å². The van der Waals surface area contributed by atoms with Crippen molar-refractivity contribution in [1.29, 1.82) is 0 Å². The van der Waals surface area contributed by atoms with E-state index in [2.05, 4.69) is 5.32 Å². The fourth-order valence-electron chi connectivity index (χ4n) is 0.965. The number of rotatable bonds is 2. The van der Waals surface area contributed by atoms with E-state index in [9.17, 15) is 18.0 Å². The number of amides is 1. The molecule has 14 heavy (non-hydrogen) atoms. The first-order valence-electron chi connectivity index (χ1n) is 3.72. The first-order chi connectivity index (χ1) is 6.63. The van der Waals surface area contributed by atoms with E-state index in [4.69, 9.17) is 0 Å². The van der Waals surface area contributed by atoms with Gasteiger partial charge >= 0.3 is 0 Å². The molecule has 1 aliphatic rings. The zero-order chi connectivity index (χ0) is 10.6. The number of carbonyl (C=O) groups excluding carboxylic acids is 2. The first-order valence-corrected chi connectivity index (χ1v) is 4.79. The molecule has 0 aliphatic heterocycles. The predicted octanol–water partition coefficient (Wildman–Crippen LogP) is -0.803. The summed E-state index contributed by atoms with van der Waals surface area (Å²) in [6.07, 6.45) is 4.70. The van der Waals surface area contributed by atoms with Crippen molar-refractivity contribution in [2.24, 2.45) is 0 Å². The van der Waals surface area contributed by atoms with Crippen molar-refractivity contribution in [2.75, 3.05) is 0 Å². The Morgan fingerprint density at radius 1 is 1.50 bits per heavy atom. The standard InChI is InChI=1S/C8H7NO4S/c10-5-8(11)9-6-2-1-3-7(4-6)14(12)13/h1-3,5H,4H2,(H,9,11). The highest BCUT2D eigenvalue weighted by atomic mass is 32.2. The highest BCUT2D eigenvalue weighted by Gasteiger charge is 2.09. The van der Waals surface area contributed by atoms with E-state index in [0.717, 1.165) is 0 Å². The molecule has 1 aliphatic carbocycles. The second-order valence-electron chi connectivity index (χ2n) is 2.54. The van der Waals surface area contributed by atoms with Crippen LogP contribution in [-0.4, -0.2) is 25.5 Å². The second kappa shape index (κ2) is 4.52. The minimum Gasteiger partial charge on any atom is -0.323 e. The molecule has 5 nitrogen and oxygen atoms in total. The van der Waals surface area contributed by atoms with Gasteiger partial charge < -0.3 is 5.32 Å². The van der Waals surface area contributed by atoms with Crippen LogP contribution in [0.2, 0.25) is 0 Å². The summed E-state index contributed by atoms with van der Waals surface area (Å²) in [5, 5.41) is 2.26. The summed E-state index contributed by atoms with van der Waals surface area (Å²) in [6, 6.07) is 0. The molecule has 0 spiro atoms. The molecule has 0 fully saturated rings. The molecule has 1 amide bonds. The number of carbonyl (C=O) groups is 2. The Kier molecular flexibility index (Phi) is 3.35. The Morgan fingerprint density at radius 2 is 2.21 bits per heavy atom. The molecule has 0 radical (unpaired) electrons. The summed E-state index contributed by atoms with van der Waals surface area (Å²) < 4.78 is 21.1. The van der Waals surface area contributed by atoms with Gasteiger partial charge in [0, 0.05) is 12.1 Å². The van der Waals surface area contributed by atoms with Crippen molar-refractivity contribution >= 4 is 27.4 Å². The summed E-state index contributed by atoms with van der Waals surface area (Å²) in [5.74, 6) is -0.789. The van der Waals surface area contributed by atoms with Crippen LogP contribution in [0.5, 0.6) is 0 Å². The molecule has 74 valence electrons. The van der Waals surface area contributed by atoms with Gasteiger partial charge in [-0.15, -0.1) is 0 Å². The van der Waals surface area contributed by atoms with Crippen molar-refractivity contribution in [3.05, 3.63) is 23.9 Å². The summed E-state index contributed by atoms with van der Waals surface area (Å²) in [7, 11) is -2.29. The van der Waals surface area contributed by atoms with Gasteiger partial charge in [0.2, 0.25) is 16.6 Å². The van der Waals surface area contributed by atoms with Crippen molar-refractivity contribution in [2.45, 2.75) is 6.42 Å². The molecule has 0 aromatic carbocycles. The molecule has 0 aromatic rings. The summed E-state index contributed by atoms with van der Waals surface area (Å²) >= 11 is 0. The number of hydrogen-bond acceptors (Lipinski definition) is 4. The smallest absolute Gasteiger partial charge is 0.288 e. The lowest BCUT2D eigenvalue weighted by Crippen LogP contribution is -2.25. The van der Waals surface area contributed by atoms with Crippen LogP contribution in [0.4, 0.5) is 0 Å². The molecule has 1 N–H and O–H groups in total. The number of aldehydes is 1. The minimum absolute atomic E-state index is 0.103. The third-order valence-electron chi connectivity index (χ3n) is 1.55. The van der Waals surface area contributed by atoms with Crippen molar-refractivity contribution in [1.82, 2.24) is 5.32 Å². The molecular weight excluding hydrogens is 206 g/mol. The quantitative estimate of drug-likeness (QED) is 0.370. The third kappa shape index (κ3) is 2.67. The molecule has 0 unspecified atom stereocenters. The Bertz CT molecular complexity index is 448. The van der Waals surface area contributed by atoms with Gasteiger partial charge in [-0.3, -0.25) is 9.59 Å². The zero-order valence-electron chi connectivity index (χ0n) is 7.06. The Labute approximate surface area is 81.6 Å². The molecule has 6 heteroatoms. The van der Waals surface area contributed by atoms with E-state index in [1.165, 1.54) is 18.2 Å². The van der Waals surface area contributed by atoms with E-state index in [0.29, 0.717) is 5.70 Å². The van der Waals surface area contributed by atoms with E-state index in [-0.39, 0.29) is 17.6 Å². The van der Waals surface area contributed by atoms with Gasteiger partial charge in [-0.2, -0.15) is 8.42 Å². The monoisotopic (exact) mass is 213 g/mol. The predicted molar refractivity (Wildman–Crippen MR) is 50.0 cm³/mol. The SMILES string of the molecule is O=CC(=O)NC1=CC=CC(=S(=O)=O)C1. The van der Waals surface area contributed by atoms with Crippen molar-refractivity contribution in [3.63, 3.8) is 0 Å². The first kappa shape index (κ1) is 10.4. The highest BCUT2D eigenvalue weighted by Crippen LogP contribution is 2.05. The molecule has 0 bridgehead atoms. The number of nitrogens with one attached hydrogen (secondary N) is 1. The molecule has 0 aromatic heterocycles. The maximum Gasteiger partial charge on any atom is 0.288 e. The fraction of sp³-hybridized carbons (Fsp3) is 0.125. The molecule has 0 saturated heterocycles. The average molecular weight is 213 g/mol. The molecule has 0 saturated carbocycles. The van der Waals surface area contributed by atoms with Crippen LogP contribution in [0, 0.1) is 0 Å². The second-order valence-corrected chi connectivity index (χ2v) is 3.53. The van der Waals surface area contributed by atoms with E-state index < -0.39 is 16.2 Å². The molecule has 1 rings (SSSR count). The van der Waals surface area contributed by atoms with Crippen LogP contribution in [-0.2, 0) is 19.9 Å². The highest BCUT2D eigenvalue weighted by molar-refractivity contribution is 7.73. The van der Waals surface area contributed by atoms with Crippen LogP contribution in [0.25, 0.3) is 0 Å². The maximum absolute atomic E-state index is 10.6. The summed E-state index contributed by atoms with van der Waals surface area (Å²) in [6.45, 7) is 0. The Hall–Kier alpha value is -1.69. The van der Waals surface area contributed by atoms with E-state index in [1.54, 1.807) is 0 Å². The number of hydrogen-bond donors (Lipinski definition) is 1. The molecular formula is C8H7NO4S. The number of allylic oxidation sites excluding steroid dienone is 4. The lowest BCUT2D eigenvalue weighted by atomic mass is 10.1. The van der Waals surface area contributed by atoms with Crippen molar-refractivity contribution < 1.29 is 18.0 Å². The molecule has 0 atom stereocenters. The zero-order valence-corrected chi connectivity index (χ0v) is 7.87. The summed E-state index contributed by atoms with van der Waals surface area (Å²) in [5.41, 5.74) is 0.392. The Morgan fingerprint density at radius 3 is 2.79 bits per heavy atom. The van der Waals surface area contributed by atoms with Gasteiger partial charge in [-0.05, 0) is 12.2 Å². The topological polar surface area (TPSA) is 80.3 Å². The average Bonchev–Trinajstić information content (AvgIpc) is 2.18. The van der Waals surface area contributed by atoms with Gasteiger partial charge in [0.1, 0.15) is 0 Å². The van der Waals surface area contributed by atoms with Crippen LogP contribution in [0.1, 0.15) is 6.42 Å². The van der Waals surface area contributed by atoms with E-state index in [1.807, 2.05) is 0 Å². The van der Waals surface area contributed by atoms with Gasteiger partial charge in [-0.1, -0.05) is 6.08 Å². The fourth-order valence-corrected chi connectivity index (χ4v) is 1.43. The van der Waals surface area contributed by atoms with Crippen molar-refractivity contribution in [3.8, 4) is 0 Å². The lowest BCUT2D eigenvalue weighted by Gasteiger charge is -2.08. The van der Waals surface area contributed by atoms with Gasteiger partial charge in [0.15, 0.2) is 0 Å². The Balaban J connectivity index is 2.81. The van der Waals surface area contributed by atoms with Crippen LogP contribution < -0.4 is 5.32 Å². The lowest BCUT2D eigenvalue weighted by molar-refractivity contribution is -0.130. The third-order valence-corrected chi connectivity index (χ3v) is 2.26. The van der Waals surface area contributed by atoms with Crippen LogP contribution in [0.15, 0.2) is 23.9 Å². The van der Waals surface area contributed by atoms with Gasteiger partial charge in [-0.25, -0.2) is 0 Å². The van der Waals surface area contributed by atoms with Crippen LogP contribution >= 0.6 is 0 Å². The van der Waals surface area contributed by atoms with Crippen LogP contribution in [0.3, 0.4) is 0 Å². The van der Waals surface area contributed by atoms with Gasteiger partial charge in [0.05, 0.1) is 4.86 Å². The maximum atomic E-state index is 10.6.